The molecule has 0 radical (unpaired) electrons. The Morgan fingerprint density at radius 1 is 1.00 bits per heavy atom. The molecule has 168 valence electrons. The number of nitrogens with zero attached hydrogens (tertiary/aromatic N) is 1. The Labute approximate surface area is 192 Å². The molecule has 0 saturated carbocycles. The predicted molar refractivity (Wildman–Crippen MR) is 127 cm³/mol. The molecule has 1 aliphatic heterocycles. The molecule has 0 aliphatic carbocycles. The van der Waals surface area contributed by atoms with Gasteiger partial charge in [-0.1, -0.05) is 60.7 Å². The molecule has 3 aromatic rings. The summed E-state index contributed by atoms with van der Waals surface area (Å²) in [6.45, 7) is 0.271. The summed E-state index contributed by atoms with van der Waals surface area (Å²) in [5.74, 6) is -0.0609. The van der Waals surface area contributed by atoms with Crippen molar-refractivity contribution >= 4 is 23.5 Å². The third-order valence-electron chi connectivity index (χ3n) is 5.76. The summed E-state index contributed by atoms with van der Waals surface area (Å²) >= 11 is 0. The molecule has 0 unspecified atom stereocenters. The number of ketones is 1. The lowest BCUT2D eigenvalue weighted by molar-refractivity contribution is -0.135. The highest BCUT2D eigenvalue weighted by Crippen LogP contribution is 2.43. The van der Waals surface area contributed by atoms with Gasteiger partial charge in [0.15, 0.2) is 11.4 Å². The van der Waals surface area contributed by atoms with Crippen molar-refractivity contribution in [3.63, 3.8) is 0 Å². The number of ether oxygens (including phenoxy) is 2. The van der Waals surface area contributed by atoms with Crippen molar-refractivity contribution in [2.75, 3.05) is 25.7 Å². The van der Waals surface area contributed by atoms with Gasteiger partial charge in [0.1, 0.15) is 11.5 Å². The highest BCUT2D eigenvalue weighted by Gasteiger charge is 2.50. The zero-order valence-corrected chi connectivity index (χ0v) is 18.5. The summed E-state index contributed by atoms with van der Waals surface area (Å²) < 4.78 is 10.5. The van der Waals surface area contributed by atoms with Gasteiger partial charge in [0.05, 0.1) is 31.9 Å². The third-order valence-corrected chi connectivity index (χ3v) is 5.76. The summed E-state index contributed by atoms with van der Waals surface area (Å²) in [6.07, 6.45) is 3.38. The number of aliphatic hydroxyl groups is 1. The van der Waals surface area contributed by atoms with E-state index >= 15 is 0 Å². The number of carbonyl (C=O) groups is 2. The smallest absolute Gasteiger partial charge is 0.264 e. The van der Waals surface area contributed by atoms with Gasteiger partial charge in [-0.15, -0.1) is 0 Å². The monoisotopic (exact) mass is 443 g/mol. The van der Waals surface area contributed by atoms with Crippen molar-refractivity contribution in [1.29, 1.82) is 0 Å². The summed E-state index contributed by atoms with van der Waals surface area (Å²) in [5.41, 5.74) is 0.342. The minimum absolute atomic E-state index is 0.271. The molecule has 4 rings (SSSR count). The Balaban J connectivity index is 1.61. The molecule has 6 heteroatoms. The molecule has 0 spiro atoms. The molecule has 6 nitrogen and oxygen atoms in total. The quantitative estimate of drug-likeness (QED) is 0.528. The SMILES string of the molecule is COc1ccc(C(=O)C[C@]2(O)C(=O)N(CC=Cc3ccccc3)c3ccccc32)c(OC)c1. The number of para-hydroxylation sites is 1. The molecule has 0 bridgehead atoms. The largest absolute Gasteiger partial charge is 0.497 e. The molecule has 1 atom stereocenters. The van der Waals surface area contributed by atoms with Gasteiger partial charge in [0.25, 0.3) is 5.91 Å². The molecule has 0 aromatic heterocycles. The second-order valence-corrected chi connectivity index (χ2v) is 7.77. The van der Waals surface area contributed by atoms with Crippen molar-refractivity contribution in [2.24, 2.45) is 0 Å². The topological polar surface area (TPSA) is 76.1 Å². The van der Waals surface area contributed by atoms with Crippen LogP contribution in [0.3, 0.4) is 0 Å². The number of benzene rings is 3. The average molecular weight is 443 g/mol. The van der Waals surface area contributed by atoms with E-state index in [1.807, 2.05) is 42.5 Å². The minimum atomic E-state index is -1.96. The Morgan fingerprint density at radius 2 is 1.73 bits per heavy atom. The van der Waals surface area contributed by atoms with E-state index in [1.54, 1.807) is 42.5 Å². The van der Waals surface area contributed by atoms with E-state index in [1.165, 1.54) is 19.1 Å². The summed E-state index contributed by atoms with van der Waals surface area (Å²) in [7, 11) is 2.98. The van der Waals surface area contributed by atoms with Crippen LogP contribution in [0.1, 0.15) is 27.9 Å². The third kappa shape index (κ3) is 4.25. The van der Waals surface area contributed by atoms with Crippen LogP contribution in [0.25, 0.3) is 6.08 Å². The van der Waals surface area contributed by atoms with E-state index < -0.39 is 23.7 Å². The fraction of sp³-hybridized carbons (Fsp3) is 0.185. The maximum atomic E-state index is 13.4. The number of carbonyl (C=O) groups excluding carboxylic acids is 2. The predicted octanol–water partition coefficient (Wildman–Crippen LogP) is 4.22. The van der Waals surface area contributed by atoms with Crippen LogP contribution < -0.4 is 14.4 Å². The lowest BCUT2D eigenvalue weighted by Gasteiger charge is -2.22. The summed E-state index contributed by atoms with van der Waals surface area (Å²) in [6, 6.07) is 21.6. The van der Waals surface area contributed by atoms with E-state index in [2.05, 4.69) is 0 Å². The minimum Gasteiger partial charge on any atom is -0.497 e. The van der Waals surface area contributed by atoms with Crippen LogP contribution in [-0.4, -0.2) is 37.6 Å². The maximum absolute atomic E-state index is 13.4. The molecule has 0 fully saturated rings. The Bertz CT molecular complexity index is 1200. The van der Waals surface area contributed by atoms with Crippen molar-refractivity contribution in [2.45, 2.75) is 12.0 Å². The molecular formula is C27H25NO5. The Kier molecular flexibility index (Phi) is 6.29. The van der Waals surface area contributed by atoms with Gasteiger partial charge < -0.3 is 19.5 Å². The zero-order chi connectivity index (χ0) is 23.4. The summed E-state index contributed by atoms with van der Waals surface area (Å²) in [4.78, 5) is 28.1. The van der Waals surface area contributed by atoms with Gasteiger partial charge in [0, 0.05) is 18.2 Å². The van der Waals surface area contributed by atoms with E-state index in [4.69, 9.17) is 9.47 Å². The summed E-state index contributed by atoms with van der Waals surface area (Å²) in [5, 5.41) is 11.5. The number of amides is 1. The van der Waals surface area contributed by atoms with Crippen molar-refractivity contribution in [3.8, 4) is 11.5 Å². The molecule has 1 amide bonds. The van der Waals surface area contributed by atoms with Crippen LogP contribution in [0.15, 0.2) is 78.9 Å². The molecule has 33 heavy (non-hydrogen) atoms. The van der Waals surface area contributed by atoms with Gasteiger partial charge in [-0.3, -0.25) is 9.59 Å². The number of rotatable bonds is 8. The first kappa shape index (κ1) is 22.3. The average Bonchev–Trinajstić information content (AvgIpc) is 3.06. The number of hydrogen-bond donors (Lipinski definition) is 1. The Morgan fingerprint density at radius 3 is 2.45 bits per heavy atom. The van der Waals surface area contributed by atoms with Crippen molar-refractivity contribution in [3.05, 3.63) is 95.6 Å². The zero-order valence-electron chi connectivity index (χ0n) is 18.5. The fourth-order valence-electron chi connectivity index (χ4n) is 4.07. The van der Waals surface area contributed by atoms with Gasteiger partial charge in [-0.05, 0) is 23.8 Å². The first-order valence-electron chi connectivity index (χ1n) is 10.6. The van der Waals surface area contributed by atoms with Gasteiger partial charge in [-0.2, -0.15) is 0 Å². The molecule has 1 heterocycles. The van der Waals surface area contributed by atoms with E-state index in [9.17, 15) is 14.7 Å². The fourth-order valence-corrected chi connectivity index (χ4v) is 4.07. The number of fused-ring (bicyclic) bond motifs is 1. The maximum Gasteiger partial charge on any atom is 0.264 e. The first-order valence-corrected chi connectivity index (χ1v) is 10.6. The van der Waals surface area contributed by atoms with Crippen LogP contribution in [0, 0.1) is 0 Å². The number of Topliss-reactive ketones (excluding diaryl/α,β-unsaturated/α-hetero) is 1. The van der Waals surface area contributed by atoms with Crippen LogP contribution in [0.2, 0.25) is 0 Å². The number of anilines is 1. The van der Waals surface area contributed by atoms with Gasteiger partial charge in [-0.25, -0.2) is 0 Å². The Hall–Kier alpha value is -3.90. The highest BCUT2D eigenvalue weighted by atomic mass is 16.5. The standard InChI is InChI=1S/C27H25NO5/c1-32-20-14-15-21(25(17-20)33-2)24(29)18-27(31)22-12-6-7-13-23(22)28(26(27)30)16-8-11-19-9-4-3-5-10-19/h3-15,17,31H,16,18H2,1-2H3/t27-/m1/s1. The molecular weight excluding hydrogens is 418 g/mol. The second kappa shape index (κ2) is 9.30. The van der Waals surface area contributed by atoms with Crippen molar-refractivity contribution in [1.82, 2.24) is 0 Å². The molecule has 1 N–H and O–H groups in total. The lowest BCUT2D eigenvalue weighted by atomic mass is 9.88. The van der Waals surface area contributed by atoms with Gasteiger partial charge >= 0.3 is 0 Å². The highest BCUT2D eigenvalue weighted by molar-refractivity contribution is 6.11. The second-order valence-electron chi connectivity index (χ2n) is 7.77. The van der Waals surface area contributed by atoms with Crippen LogP contribution >= 0.6 is 0 Å². The molecule has 0 saturated heterocycles. The lowest BCUT2D eigenvalue weighted by Crippen LogP contribution is -2.42. The normalized spacial score (nSPS) is 17.3. The number of hydrogen-bond acceptors (Lipinski definition) is 5. The molecule has 1 aliphatic rings. The van der Waals surface area contributed by atoms with E-state index in [0.717, 1.165) is 5.56 Å². The van der Waals surface area contributed by atoms with Crippen molar-refractivity contribution < 1.29 is 24.2 Å². The molecule has 3 aromatic carbocycles. The van der Waals surface area contributed by atoms with Crippen LogP contribution in [0.4, 0.5) is 5.69 Å². The first-order chi connectivity index (χ1) is 16.0. The number of methoxy groups -OCH3 is 2. The van der Waals surface area contributed by atoms with E-state index in [0.29, 0.717) is 22.7 Å². The van der Waals surface area contributed by atoms with Gasteiger partial charge in [0.2, 0.25) is 0 Å². The van der Waals surface area contributed by atoms with E-state index in [-0.39, 0.29) is 12.1 Å². The van der Waals surface area contributed by atoms with Crippen LogP contribution in [0.5, 0.6) is 11.5 Å². The van der Waals surface area contributed by atoms with Crippen LogP contribution in [-0.2, 0) is 10.4 Å².